The highest BCUT2D eigenvalue weighted by atomic mass is 28.4. The van der Waals surface area contributed by atoms with E-state index < -0.39 is 92.7 Å². The molecule has 0 spiro atoms. The molecule has 7 atom stereocenters. The van der Waals surface area contributed by atoms with Crippen LogP contribution >= 0.6 is 0 Å². The van der Waals surface area contributed by atoms with Crippen LogP contribution < -0.4 is 16.0 Å². The van der Waals surface area contributed by atoms with Crippen molar-refractivity contribution < 1.29 is 66.8 Å². The Balaban J connectivity index is 1.31. The standard InChI is InChI=1S/C50H65N3O14Si/c1-27(2)41(53-49(61)62-26-39-37-18-14-12-16-35(37)36-17-13-15-19-38(36)39)47(58)51-28(3)46(57)52-34-22-20-33(25-63-68(10,11)50(7,8)9)32(24-34)21-23-40-42(64-29(4)54)43(65-30(5)55)44(66-31(6)56)45(67-40)48(59)60/h12-20,22,24,27-28,39-45H,21,23,25-26H2,1-11H3,(H,51,58)(H,52,57)(H,53,61)(H,59,60)/t28-,40-,41-,42-,43+,44-,45-/m0/s1. The highest BCUT2D eigenvalue weighted by Gasteiger charge is 2.54. The Kier molecular flexibility index (Phi) is 17.4. The van der Waals surface area contributed by atoms with Crippen LogP contribution in [0.3, 0.4) is 0 Å². The first kappa shape index (κ1) is 52.9. The van der Waals surface area contributed by atoms with E-state index in [1.807, 2.05) is 48.5 Å². The highest BCUT2D eigenvalue weighted by Crippen LogP contribution is 2.44. The maximum Gasteiger partial charge on any atom is 0.407 e. The highest BCUT2D eigenvalue weighted by molar-refractivity contribution is 6.74. The maximum atomic E-state index is 13.7. The molecular weight excluding hydrogens is 895 g/mol. The number of carbonyl (C=O) groups excluding carboxylic acids is 6. The number of ether oxygens (including phenoxy) is 5. The molecule has 0 saturated carbocycles. The maximum absolute atomic E-state index is 13.7. The summed E-state index contributed by atoms with van der Waals surface area (Å²) in [6.07, 6.45) is -8.09. The molecule has 68 heavy (non-hydrogen) atoms. The van der Waals surface area contributed by atoms with Crippen molar-refractivity contribution in [1.82, 2.24) is 10.6 Å². The number of fused-ring (bicyclic) bond motifs is 3. The van der Waals surface area contributed by atoms with Gasteiger partial charge in [-0.2, -0.15) is 0 Å². The van der Waals surface area contributed by atoms with E-state index in [1.165, 1.54) is 6.92 Å². The van der Waals surface area contributed by atoms with Gasteiger partial charge in [0.25, 0.3) is 0 Å². The zero-order valence-electron chi connectivity index (χ0n) is 40.6. The average molecular weight is 960 g/mol. The first-order valence-electron chi connectivity index (χ1n) is 22.8. The minimum Gasteiger partial charge on any atom is -0.479 e. The van der Waals surface area contributed by atoms with Gasteiger partial charge in [-0.25, -0.2) is 9.59 Å². The van der Waals surface area contributed by atoms with Crippen molar-refractivity contribution in [3.8, 4) is 11.1 Å². The zero-order chi connectivity index (χ0) is 50.2. The third kappa shape index (κ3) is 13.1. The minimum absolute atomic E-state index is 0.0104. The van der Waals surface area contributed by atoms with E-state index >= 15 is 0 Å². The summed E-state index contributed by atoms with van der Waals surface area (Å²) in [6, 6.07) is 19.0. The molecule has 0 bridgehead atoms. The number of amides is 3. The summed E-state index contributed by atoms with van der Waals surface area (Å²) < 4.78 is 34.6. The Morgan fingerprint density at radius 3 is 1.84 bits per heavy atom. The quantitative estimate of drug-likeness (QED) is 0.0584. The van der Waals surface area contributed by atoms with E-state index in [-0.39, 0.29) is 42.9 Å². The average Bonchev–Trinajstić information content (AvgIpc) is 3.57. The van der Waals surface area contributed by atoms with Gasteiger partial charge in [0.2, 0.25) is 11.8 Å². The number of carboxylic acids is 1. The van der Waals surface area contributed by atoms with Gasteiger partial charge in [0.05, 0.1) is 12.7 Å². The number of carboxylic acid groups (broad SMARTS) is 1. The lowest BCUT2D eigenvalue weighted by Crippen LogP contribution is -2.63. The second-order valence-corrected chi connectivity index (χ2v) is 23.9. The largest absolute Gasteiger partial charge is 0.479 e. The lowest BCUT2D eigenvalue weighted by Gasteiger charge is -2.43. The molecule has 5 rings (SSSR count). The number of rotatable bonds is 18. The van der Waals surface area contributed by atoms with Crippen LogP contribution in [0.2, 0.25) is 18.1 Å². The molecule has 0 radical (unpaired) electrons. The normalized spacial score (nSPS) is 19.9. The fourth-order valence-corrected chi connectivity index (χ4v) is 9.05. The van der Waals surface area contributed by atoms with Crippen LogP contribution in [-0.4, -0.2) is 104 Å². The number of anilines is 1. The van der Waals surface area contributed by atoms with Gasteiger partial charge < -0.3 is 49.2 Å². The fraction of sp³-hybridized carbons (Fsp3) is 0.500. The van der Waals surface area contributed by atoms with Gasteiger partial charge in [-0.1, -0.05) is 89.2 Å². The van der Waals surface area contributed by atoms with Crippen molar-refractivity contribution >= 4 is 55.8 Å². The summed E-state index contributed by atoms with van der Waals surface area (Å²) in [5.74, 6) is -5.68. The van der Waals surface area contributed by atoms with Gasteiger partial charge in [-0.3, -0.25) is 24.0 Å². The Labute approximate surface area is 398 Å². The Morgan fingerprint density at radius 1 is 0.735 bits per heavy atom. The summed E-state index contributed by atoms with van der Waals surface area (Å²) in [4.78, 5) is 89.8. The number of aliphatic carboxylic acids is 1. The lowest BCUT2D eigenvalue weighted by molar-refractivity contribution is -0.248. The molecule has 1 aliphatic heterocycles. The van der Waals surface area contributed by atoms with Gasteiger partial charge in [0.1, 0.15) is 18.7 Å². The summed E-state index contributed by atoms with van der Waals surface area (Å²) in [5, 5.41) is 18.3. The van der Waals surface area contributed by atoms with Crippen LogP contribution in [0, 0.1) is 5.92 Å². The van der Waals surface area contributed by atoms with Crippen molar-refractivity contribution in [3.63, 3.8) is 0 Å². The van der Waals surface area contributed by atoms with Gasteiger partial charge in [0.15, 0.2) is 32.7 Å². The van der Waals surface area contributed by atoms with Crippen LogP contribution in [0.1, 0.15) is 96.9 Å². The van der Waals surface area contributed by atoms with Gasteiger partial charge >= 0.3 is 30.0 Å². The molecule has 1 aliphatic carbocycles. The van der Waals surface area contributed by atoms with Crippen molar-refractivity contribution in [3.05, 3.63) is 89.0 Å². The molecule has 3 aromatic carbocycles. The lowest BCUT2D eigenvalue weighted by atomic mass is 9.90. The summed E-state index contributed by atoms with van der Waals surface area (Å²) in [5.41, 5.74) is 6.02. The van der Waals surface area contributed by atoms with Crippen molar-refractivity contribution in [2.45, 2.75) is 148 Å². The van der Waals surface area contributed by atoms with Crippen molar-refractivity contribution in [1.29, 1.82) is 0 Å². The number of hydrogen-bond acceptors (Lipinski definition) is 13. The number of benzene rings is 3. The van der Waals surface area contributed by atoms with Crippen LogP contribution in [0.4, 0.5) is 10.5 Å². The second kappa shape index (κ2) is 22.3. The smallest absolute Gasteiger partial charge is 0.407 e. The Morgan fingerprint density at radius 2 is 1.29 bits per heavy atom. The topological polar surface area (TPSA) is 231 Å². The van der Waals surface area contributed by atoms with Crippen LogP contribution in [-0.2, 0) is 69.9 Å². The molecule has 1 heterocycles. The number of nitrogens with one attached hydrogen (secondary N) is 3. The van der Waals surface area contributed by atoms with E-state index in [4.69, 9.17) is 28.1 Å². The molecule has 368 valence electrons. The van der Waals surface area contributed by atoms with E-state index in [2.05, 4.69) is 49.8 Å². The van der Waals surface area contributed by atoms with Gasteiger partial charge in [-0.15, -0.1) is 0 Å². The van der Waals surface area contributed by atoms with E-state index in [9.17, 15) is 38.7 Å². The number of carbonyl (C=O) groups is 7. The van der Waals surface area contributed by atoms with E-state index in [0.29, 0.717) is 11.3 Å². The number of aryl methyl sites for hydroxylation is 1. The van der Waals surface area contributed by atoms with Crippen molar-refractivity contribution in [2.75, 3.05) is 11.9 Å². The molecule has 1 fully saturated rings. The number of hydrogen-bond donors (Lipinski definition) is 4. The summed E-state index contributed by atoms with van der Waals surface area (Å²) in [6.45, 7) is 19.1. The van der Waals surface area contributed by atoms with Crippen LogP contribution in [0.5, 0.6) is 0 Å². The molecule has 0 unspecified atom stereocenters. The first-order chi connectivity index (χ1) is 31.9. The molecule has 3 amide bonds. The second-order valence-electron chi connectivity index (χ2n) is 19.1. The Bertz CT molecular complexity index is 2320. The van der Waals surface area contributed by atoms with E-state index in [0.717, 1.165) is 48.6 Å². The molecule has 3 aromatic rings. The van der Waals surface area contributed by atoms with E-state index in [1.54, 1.807) is 32.0 Å². The molecule has 0 aromatic heterocycles. The van der Waals surface area contributed by atoms with Crippen LogP contribution in [0.15, 0.2) is 66.7 Å². The number of esters is 3. The molecule has 18 heteroatoms. The Hall–Kier alpha value is -6.11. The minimum atomic E-state index is -2.28. The summed E-state index contributed by atoms with van der Waals surface area (Å²) >= 11 is 0. The SMILES string of the molecule is CC(=O)O[C@@H]1[C@@H](OC(C)=O)[C@H](CCc2cc(NC(=O)[C@H](C)NC(=O)[C@@H](NC(=O)OCC3c4ccccc4-c4ccccc43)C(C)C)ccc2CO[Si](C)(C)C(C)(C)C)O[C@H](C(=O)O)[C@H]1OC(C)=O. The molecule has 1 saturated heterocycles. The molecule has 17 nitrogen and oxygen atoms in total. The first-order valence-corrected chi connectivity index (χ1v) is 25.7. The molecule has 2 aliphatic rings. The molecule has 4 N–H and O–H groups in total. The predicted octanol–water partition coefficient (Wildman–Crippen LogP) is 6.79. The monoisotopic (exact) mass is 959 g/mol. The third-order valence-electron chi connectivity index (χ3n) is 12.7. The van der Waals surface area contributed by atoms with Crippen molar-refractivity contribution in [2.24, 2.45) is 5.92 Å². The van der Waals surface area contributed by atoms with Gasteiger partial charge in [-0.05, 0) is 89.3 Å². The van der Waals surface area contributed by atoms with Gasteiger partial charge in [0, 0.05) is 32.4 Å². The fourth-order valence-electron chi connectivity index (χ4n) is 8.10. The third-order valence-corrected chi connectivity index (χ3v) is 17.1. The predicted molar refractivity (Wildman–Crippen MR) is 253 cm³/mol. The molecular formula is C50H65N3O14Si. The number of alkyl carbamates (subject to hydrolysis) is 1. The summed E-state index contributed by atoms with van der Waals surface area (Å²) in [7, 11) is -2.28. The zero-order valence-corrected chi connectivity index (χ0v) is 41.6. The van der Waals surface area contributed by atoms with Crippen LogP contribution in [0.25, 0.3) is 11.1 Å².